The van der Waals surface area contributed by atoms with Crippen molar-refractivity contribution < 1.29 is 54.1 Å². The average Bonchev–Trinajstić information content (AvgIpc) is 2.81. The molecule has 0 aromatic rings. The molecular weight excluding hydrogens is 500 g/mol. The van der Waals surface area contributed by atoms with Gasteiger partial charge in [-0.05, 0) is 54.0 Å². The molecule has 0 spiro atoms. The molecule has 11 heteroatoms. The van der Waals surface area contributed by atoms with E-state index in [0.29, 0.717) is 0 Å². The van der Waals surface area contributed by atoms with Crippen molar-refractivity contribution in [1.29, 1.82) is 0 Å². The lowest BCUT2D eigenvalue weighted by molar-refractivity contribution is -0.257. The highest BCUT2D eigenvalue weighted by Crippen LogP contribution is 2.41. The zero-order chi connectivity index (χ0) is 29.7. The van der Waals surface area contributed by atoms with Gasteiger partial charge in [0.2, 0.25) is 0 Å². The summed E-state index contributed by atoms with van der Waals surface area (Å²) in [5.41, 5.74) is -3.57. The van der Waals surface area contributed by atoms with Crippen LogP contribution < -0.4 is 0 Å². The van der Waals surface area contributed by atoms with Crippen LogP contribution in [0, 0.1) is 5.92 Å². The van der Waals surface area contributed by atoms with E-state index in [1.165, 1.54) is 39.8 Å². The summed E-state index contributed by atoms with van der Waals surface area (Å²) in [4.78, 5) is 36.6. The molecule has 0 heterocycles. The first-order chi connectivity index (χ1) is 17.3. The average molecular weight is 543 g/mol. The Balaban J connectivity index is 3.41. The van der Waals surface area contributed by atoms with E-state index >= 15 is 0 Å². The van der Waals surface area contributed by atoms with Gasteiger partial charge < -0.3 is 39.7 Å². The summed E-state index contributed by atoms with van der Waals surface area (Å²) < 4.78 is 15.9. The van der Waals surface area contributed by atoms with E-state index in [0.717, 1.165) is 13.8 Å². The highest BCUT2D eigenvalue weighted by molar-refractivity contribution is 5.88. The number of aliphatic hydroxyl groups excluding tert-OH is 3. The molecule has 0 aromatic heterocycles. The molecule has 1 fully saturated rings. The molecule has 0 unspecified atom stereocenters. The van der Waals surface area contributed by atoms with Crippen LogP contribution in [-0.4, -0.2) is 91.3 Å². The fraction of sp³-hybridized carbons (Fsp3) is 0.667. The number of carbonyl (C=O) groups excluding carboxylic acids is 3. The zero-order valence-corrected chi connectivity index (χ0v) is 23.3. The van der Waals surface area contributed by atoms with Crippen LogP contribution in [0.1, 0.15) is 61.8 Å². The Kier molecular flexibility index (Phi) is 11.4. The summed E-state index contributed by atoms with van der Waals surface area (Å²) in [7, 11) is 0. The third-order valence-electron chi connectivity index (χ3n) is 6.88. The molecule has 11 nitrogen and oxygen atoms in total. The van der Waals surface area contributed by atoms with Gasteiger partial charge in [-0.25, -0.2) is 9.59 Å². The van der Waals surface area contributed by atoms with Gasteiger partial charge in [0.25, 0.3) is 0 Å². The van der Waals surface area contributed by atoms with Crippen molar-refractivity contribution in [3.05, 3.63) is 35.5 Å². The monoisotopic (exact) mass is 542 g/mol. The van der Waals surface area contributed by atoms with Gasteiger partial charge in [0.05, 0.1) is 11.7 Å². The number of carbonyl (C=O) groups is 3. The van der Waals surface area contributed by atoms with E-state index in [1.807, 2.05) is 0 Å². The van der Waals surface area contributed by atoms with Gasteiger partial charge in [-0.3, -0.25) is 4.79 Å². The second-order valence-electron chi connectivity index (χ2n) is 10.4. The van der Waals surface area contributed by atoms with Crippen molar-refractivity contribution in [3.8, 4) is 0 Å². The van der Waals surface area contributed by atoms with Crippen molar-refractivity contribution in [2.75, 3.05) is 0 Å². The van der Waals surface area contributed by atoms with Gasteiger partial charge in [-0.1, -0.05) is 18.7 Å². The van der Waals surface area contributed by atoms with Crippen molar-refractivity contribution in [2.45, 2.75) is 110 Å². The number of ether oxygens (including phenoxy) is 3. The Labute approximate surface area is 223 Å². The lowest BCUT2D eigenvalue weighted by Crippen LogP contribution is -2.70. The summed E-state index contributed by atoms with van der Waals surface area (Å²) in [5.74, 6) is -3.91. The first-order valence-electron chi connectivity index (χ1n) is 12.3. The summed E-state index contributed by atoms with van der Waals surface area (Å²) in [6.45, 7) is 14.9. The van der Waals surface area contributed by atoms with Crippen LogP contribution in [0.3, 0.4) is 0 Å². The van der Waals surface area contributed by atoms with E-state index in [2.05, 4.69) is 6.58 Å². The first-order valence-corrected chi connectivity index (χ1v) is 12.3. The highest BCUT2D eigenvalue weighted by atomic mass is 16.6. The van der Waals surface area contributed by atoms with E-state index in [4.69, 9.17) is 14.2 Å². The van der Waals surface area contributed by atoms with Gasteiger partial charge in [0, 0.05) is 30.4 Å². The second-order valence-corrected chi connectivity index (χ2v) is 10.4. The maximum atomic E-state index is 12.5. The smallest absolute Gasteiger partial charge is 0.333 e. The predicted molar refractivity (Wildman–Crippen MR) is 136 cm³/mol. The molecular formula is C27H42O11. The fourth-order valence-corrected chi connectivity index (χ4v) is 4.15. The van der Waals surface area contributed by atoms with Crippen LogP contribution in [0.2, 0.25) is 0 Å². The third-order valence-corrected chi connectivity index (χ3v) is 6.88. The minimum absolute atomic E-state index is 0.171. The predicted octanol–water partition coefficient (Wildman–Crippen LogP) is 0.855. The molecule has 1 saturated carbocycles. The molecule has 1 aliphatic rings. The lowest BCUT2D eigenvalue weighted by atomic mass is 9.67. The minimum Gasteiger partial charge on any atom is -0.457 e. The molecule has 0 bridgehead atoms. The second kappa shape index (κ2) is 13.0. The molecule has 0 aromatic carbocycles. The van der Waals surface area contributed by atoms with Crippen molar-refractivity contribution >= 4 is 17.9 Å². The Morgan fingerprint density at radius 2 is 1.42 bits per heavy atom. The van der Waals surface area contributed by atoms with E-state index in [9.17, 15) is 39.9 Å². The third kappa shape index (κ3) is 7.73. The molecule has 8 atom stereocenters. The minimum atomic E-state index is -2.23. The summed E-state index contributed by atoms with van der Waals surface area (Å²) in [5, 5.41) is 55.0. The van der Waals surface area contributed by atoms with Crippen LogP contribution in [-0.2, 0) is 28.6 Å². The van der Waals surface area contributed by atoms with E-state index < -0.39 is 71.7 Å². The van der Waals surface area contributed by atoms with E-state index in [-0.39, 0.29) is 23.1 Å². The number of hydrogen-bond acceptors (Lipinski definition) is 11. The lowest BCUT2D eigenvalue weighted by Gasteiger charge is -2.51. The van der Waals surface area contributed by atoms with Gasteiger partial charge in [-0.15, -0.1) is 0 Å². The maximum Gasteiger partial charge on any atom is 0.333 e. The molecule has 1 rings (SSSR count). The maximum absolute atomic E-state index is 12.5. The Morgan fingerprint density at radius 3 is 1.84 bits per heavy atom. The Bertz CT molecular complexity index is 957. The van der Waals surface area contributed by atoms with Crippen molar-refractivity contribution in [1.82, 2.24) is 0 Å². The summed E-state index contributed by atoms with van der Waals surface area (Å²) in [6.07, 6.45) is -7.15. The topological polar surface area (TPSA) is 180 Å². The van der Waals surface area contributed by atoms with E-state index in [1.54, 1.807) is 13.8 Å². The molecule has 1 aliphatic carbocycles. The molecule has 216 valence electrons. The number of rotatable bonds is 10. The number of aliphatic hydroxyl groups is 5. The van der Waals surface area contributed by atoms with Crippen LogP contribution in [0.5, 0.6) is 0 Å². The van der Waals surface area contributed by atoms with Crippen LogP contribution in [0.25, 0.3) is 0 Å². The molecule has 0 aliphatic heterocycles. The SMILES string of the molecule is C=C([C@@H]1[C@@H](O)[C@@H](OC(C)=O)[C@](C)(O)[C@@H](OC(=O)/C(C)=C\C)[C@H]1O)[C@@H](O)C[C@@H](OC(=O)/C(C)=C\C)C(C)(C)O. The van der Waals surface area contributed by atoms with Gasteiger partial charge in [0.1, 0.15) is 23.9 Å². The van der Waals surface area contributed by atoms with Crippen molar-refractivity contribution in [3.63, 3.8) is 0 Å². The number of hydrogen-bond donors (Lipinski definition) is 5. The van der Waals surface area contributed by atoms with Gasteiger partial charge in [-0.2, -0.15) is 0 Å². The summed E-state index contributed by atoms with van der Waals surface area (Å²) in [6, 6.07) is 0. The Hall–Kier alpha value is -2.57. The zero-order valence-electron chi connectivity index (χ0n) is 23.3. The van der Waals surface area contributed by atoms with Crippen LogP contribution in [0.4, 0.5) is 0 Å². The molecule has 0 radical (unpaired) electrons. The fourth-order valence-electron chi connectivity index (χ4n) is 4.15. The van der Waals surface area contributed by atoms with Crippen LogP contribution in [0.15, 0.2) is 35.5 Å². The molecule has 5 N–H and O–H groups in total. The molecule has 0 saturated heterocycles. The highest BCUT2D eigenvalue weighted by Gasteiger charge is 2.60. The largest absolute Gasteiger partial charge is 0.457 e. The summed E-state index contributed by atoms with van der Waals surface area (Å²) >= 11 is 0. The standard InChI is InChI=1S/C27H42O11/c1-10-13(3)24(32)37-18(26(7,8)34)12-17(29)15(5)19-20(30)22(36-16(6)28)27(9,35)23(21(19)31)38-25(33)14(4)11-2/h10-11,17-23,29-31,34-35H,5,12H2,1-4,6-9H3/b13-10-,14-11-/t17-,18+,19+,20+,21-,22+,23-,27-/m0/s1. The van der Waals surface area contributed by atoms with Crippen LogP contribution >= 0.6 is 0 Å². The molecule has 0 amide bonds. The molecule has 38 heavy (non-hydrogen) atoms. The quantitative estimate of drug-likeness (QED) is 0.114. The Morgan fingerprint density at radius 1 is 0.974 bits per heavy atom. The van der Waals surface area contributed by atoms with Gasteiger partial charge in [0.15, 0.2) is 12.2 Å². The van der Waals surface area contributed by atoms with Crippen molar-refractivity contribution in [2.24, 2.45) is 5.92 Å². The number of esters is 3. The number of allylic oxidation sites excluding steroid dienone is 2. The normalized spacial score (nSPS) is 30.2. The first kappa shape index (κ1) is 33.5. The van der Waals surface area contributed by atoms with Gasteiger partial charge >= 0.3 is 17.9 Å².